The molecule has 0 atom stereocenters. The molecule has 0 aliphatic rings. The Balaban J connectivity index is 1.39. The molecule has 11 aromatic rings. The summed E-state index contributed by atoms with van der Waals surface area (Å²) in [6.07, 6.45) is 0.907. The number of thiazole rings is 2. The lowest BCUT2D eigenvalue weighted by molar-refractivity contribution is 0.249. The van der Waals surface area contributed by atoms with Crippen molar-refractivity contribution in [3.05, 3.63) is 232 Å². The van der Waals surface area contributed by atoms with Gasteiger partial charge in [0.05, 0.1) is 39.0 Å². The molecule has 4 aromatic heterocycles. The number of nitrogens with zero attached hydrogens (tertiary/aromatic N) is 7. The summed E-state index contributed by atoms with van der Waals surface area (Å²) in [5.74, 6) is 0.640. The van der Waals surface area contributed by atoms with Gasteiger partial charge in [-0.15, -0.1) is 22.7 Å². The van der Waals surface area contributed by atoms with E-state index in [1.54, 1.807) is 0 Å². The Labute approximate surface area is 453 Å². The van der Waals surface area contributed by atoms with Crippen molar-refractivity contribution in [3.63, 3.8) is 0 Å². The molecule has 0 amide bonds. The molecule has 0 unspecified atom stereocenters. The van der Waals surface area contributed by atoms with Gasteiger partial charge in [-0.25, -0.2) is 14.8 Å². The summed E-state index contributed by atoms with van der Waals surface area (Å²) in [7, 11) is 0. The highest BCUT2D eigenvalue weighted by Gasteiger charge is 2.37. The summed E-state index contributed by atoms with van der Waals surface area (Å²) in [4.78, 5) is 17.6. The Morgan fingerprint density at radius 1 is 0.618 bits per heavy atom. The molecule has 370 valence electrons. The maximum atomic E-state index is 12.1. The average molecular weight is 1020 g/mol. The second kappa shape index (κ2) is 22.3. The van der Waals surface area contributed by atoms with Crippen molar-refractivity contribution < 1.29 is 4.74 Å². The number of rotatable bonds is 17. The van der Waals surface area contributed by atoms with Gasteiger partial charge in [0.1, 0.15) is 27.4 Å². The maximum Gasteiger partial charge on any atom is 0.327 e. The second-order valence-corrected chi connectivity index (χ2v) is 21.3. The minimum absolute atomic E-state index is 0.134. The largest absolute Gasteiger partial charge is 0.494 e. The van der Waals surface area contributed by atoms with Gasteiger partial charge in [-0.05, 0) is 79.5 Å². The summed E-state index contributed by atoms with van der Waals surface area (Å²) >= 11 is 3.06. The molecule has 8 nitrogen and oxygen atoms in total. The third kappa shape index (κ3) is 9.45. The molecular formula is C64H55B2N7OS2. The van der Waals surface area contributed by atoms with E-state index < -0.39 is 13.7 Å². The van der Waals surface area contributed by atoms with Gasteiger partial charge in [-0.3, -0.25) is 0 Å². The number of nitriles is 1. The molecular weight excluding hydrogens is 969 g/mol. The molecule has 0 N–H and O–H groups in total. The molecule has 0 saturated carbocycles. The zero-order chi connectivity index (χ0) is 52.1. The van der Waals surface area contributed by atoms with E-state index in [0.717, 1.165) is 113 Å². The van der Waals surface area contributed by atoms with Gasteiger partial charge in [0, 0.05) is 34.1 Å². The highest BCUT2D eigenvalue weighted by Crippen LogP contribution is 2.37. The van der Waals surface area contributed by atoms with Crippen molar-refractivity contribution >= 4 is 101 Å². The van der Waals surface area contributed by atoms with Crippen LogP contribution in [0.25, 0.3) is 58.6 Å². The van der Waals surface area contributed by atoms with Gasteiger partial charge in [0.25, 0.3) is 0 Å². The van der Waals surface area contributed by atoms with Gasteiger partial charge in [0.15, 0.2) is 0 Å². The lowest BCUT2D eigenvalue weighted by Crippen LogP contribution is -2.54. The molecule has 7 aromatic carbocycles. The Bertz CT molecular complexity index is 3800. The van der Waals surface area contributed by atoms with Crippen LogP contribution in [0.3, 0.4) is 0 Å². The SMILES string of the molecule is [C-]#[N+]/C(c1nc2ccccc2s1)=c1\c2c(C(C)C)n(B(c3ccccc3)c3ccccc3)/c(=C(/C#N)c3nc4ccccc4s3)c2c(-c2ccc(OCCCN(CC)CC)cc2)n1B(c1ccccc1)c1ccccc1. The maximum absolute atomic E-state index is 12.1. The molecule has 0 bridgehead atoms. The first-order valence-corrected chi connectivity index (χ1v) is 27.7. The van der Waals surface area contributed by atoms with E-state index in [9.17, 15) is 11.8 Å². The number of benzene rings is 7. The minimum Gasteiger partial charge on any atom is -0.494 e. The standard InChI is InChI=1S/C64H55B2N7OS2/c1-6-71(7-2)41-24-42-74-50-39-37-45(38-40-50)60-57-56(62(58(68-5)64-70-53-34-21-23-36-55(53)76-64)73(60)66(48-29-16-10-17-30-48)49-31-18-11-19-32-49)59(44(3)4)72(65(46-25-12-8-13-26-46)47-27-14-9-15-28-47)61(57)51(43-67)63-69-52-33-20-22-35-54(52)75-63/h8-23,25-40,44H,6-7,24,41-42H2,1-4H3/b61-51-,62-58+. The first-order chi connectivity index (χ1) is 37.4. The smallest absolute Gasteiger partial charge is 0.327 e. The summed E-state index contributed by atoms with van der Waals surface area (Å²) in [5.41, 5.74) is 9.50. The Hall–Kier alpha value is -8.25. The van der Waals surface area contributed by atoms with Gasteiger partial charge >= 0.3 is 13.7 Å². The number of aromatic nitrogens is 4. The van der Waals surface area contributed by atoms with Gasteiger partial charge in [-0.2, -0.15) is 5.26 Å². The van der Waals surface area contributed by atoms with Crippen molar-refractivity contribution in [1.29, 1.82) is 5.26 Å². The number of hydrogen-bond donors (Lipinski definition) is 0. The monoisotopic (exact) mass is 1020 g/mol. The summed E-state index contributed by atoms with van der Waals surface area (Å²) in [5, 5.41) is 16.6. The molecule has 12 heteroatoms. The zero-order valence-electron chi connectivity index (χ0n) is 43.1. The van der Waals surface area contributed by atoms with Crippen molar-refractivity contribution in [1.82, 2.24) is 23.8 Å². The molecule has 0 fully saturated rings. The molecule has 0 aliphatic carbocycles. The fraction of sp³-hybridized carbons (Fsp3) is 0.156. The molecule has 4 heterocycles. The molecule has 0 spiro atoms. The van der Waals surface area contributed by atoms with Gasteiger partial charge in [-0.1, -0.05) is 195 Å². The third-order valence-electron chi connectivity index (χ3n) is 14.3. The van der Waals surface area contributed by atoms with Crippen LogP contribution in [0.5, 0.6) is 5.75 Å². The van der Waals surface area contributed by atoms with Crippen LogP contribution in [-0.2, 0) is 0 Å². The second-order valence-electron chi connectivity index (χ2n) is 19.2. The van der Waals surface area contributed by atoms with Crippen LogP contribution in [-0.4, -0.2) is 63.8 Å². The van der Waals surface area contributed by atoms with Crippen LogP contribution in [0.15, 0.2) is 194 Å². The fourth-order valence-electron chi connectivity index (χ4n) is 10.9. The molecule has 0 aliphatic heterocycles. The lowest BCUT2D eigenvalue weighted by atomic mass is 9.50. The van der Waals surface area contributed by atoms with Crippen molar-refractivity contribution in [3.8, 4) is 23.1 Å². The molecule has 0 radical (unpaired) electrons. The lowest BCUT2D eigenvalue weighted by Gasteiger charge is -2.25. The van der Waals surface area contributed by atoms with E-state index in [0.29, 0.717) is 27.9 Å². The molecule has 11 rings (SSSR count). The van der Waals surface area contributed by atoms with Crippen molar-refractivity contribution in [2.75, 3.05) is 26.2 Å². The van der Waals surface area contributed by atoms with E-state index >= 15 is 0 Å². The average Bonchev–Trinajstić information content (AvgIpc) is 4.33. The highest BCUT2D eigenvalue weighted by molar-refractivity contribution is 7.20. The zero-order valence-corrected chi connectivity index (χ0v) is 44.7. The quantitative estimate of drug-likeness (QED) is 0.0516. The summed E-state index contributed by atoms with van der Waals surface area (Å²) < 4.78 is 13.3. The van der Waals surface area contributed by atoms with E-state index in [-0.39, 0.29) is 5.92 Å². The van der Waals surface area contributed by atoms with Gasteiger partial charge < -0.3 is 18.6 Å². The normalized spacial score (nSPS) is 12.3. The van der Waals surface area contributed by atoms with E-state index in [1.807, 2.05) is 36.4 Å². The van der Waals surface area contributed by atoms with E-state index in [1.165, 1.54) is 22.7 Å². The summed E-state index contributed by atoms with van der Waals surface area (Å²) in [6.45, 7) is 21.0. The molecule has 76 heavy (non-hydrogen) atoms. The minimum atomic E-state index is -0.449. The first kappa shape index (κ1) is 49.9. The topological polar surface area (TPSA) is 76.3 Å². The Morgan fingerprint density at radius 2 is 1.09 bits per heavy atom. The van der Waals surface area contributed by atoms with Crippen molar-refractivity contribution in [2.45, 2.75) is 40.0 Å². The van der Waals surface area contributed by atoms with Crippen LogP contribution < -0.4 is 37.3 Å². The van der Waals surface area contributed by atoms with Crippen molar-refractivity contribution in [2.24, 2.45) is 0 Å². The van der Waals surface area contributed by atoms with Gasteiger partial charge in [0.2, 0.25) is 5.70 Å². The third-order valence-corrected chi connectivity index (χ3v) is 16.4. The van der Waals surface area contributed by atoms with Crippen LogP contribution in [0.4, 0.5) is 0 Å². The number of ether oxygens (including phenoxy) is 1. The van der Waals surface area contributed by atoms with Crippen LogP contribution >= 0.6 is 22.7 Å². The fourth-order valence-corrected chi connectivity index (χ4v) is 12.8. The van der Waals surface area contributed by atoms with Crippen LogP contribution in [0, 0.1) is 17.9 Å². The predicted molar refractivity (Wildman–Crippen MR) is 320 cm³/mol. The number of fused-ring (bicyclic) bond motifs is 3. The van der Waals surface area contributed by atoms with E-state index in [2.05, 4.69) is 210 Å². The summed E-state index contributed by atoms with van der Waals surface area (Å²) in [6, 6.07) is 69.9. The Morgan fingerprint density at radius 3 is 1.57 bits per heavy atom. The number of para-hydroxylation sites is 2. The Kier molecular flexibility index (Phi) is 14.7. The first-order valence-electron chi connectivity index (χ1n) is 26.1. The molecule has 0 saturated heterocycles. The number of hydrogen-bond acceptors (Lipinski definition) is 7. The predicted octanol–water partition coefficient (Wildman–Crippen LogP) is 10.7. The van der Waals surface area contributed by atoms with E-state index in [4.69, 9.17) is 14.7 Å². The highest BCUT2D eigenvalue weighted by atomic mass is 32.1. The van der Waals surface area contributed by atoms with Crippen LogP contribution in [0.1, 0.15) is 55.7 Å². The van der Waals surface area contributed by atoms with Crippen LogP contribution in [0.2, 0.25) is 0 Å².